The van der Waals surface area contributed by atoms with Crippen LogP contribution in [0.15, 0.2) is 65.5 Å². The molecule has 0 aliphatic rings. The number of carbonyl (C=O) groups is 1. The molecule has 0 unspecified atom stereocenters. The number of benzene rings is 2. The minimum atomic E-state index is -0.299. The molecule has 0 radical (unpaired) electrons. The van der Waals surface area contributed by atoms with Gasteiger partial charge in [-0.3, -0.25) is 9.59 Å². The van der Waals surface area contributed by atoms with E-state index >= 15 is 0 Å². The fourth-order valence-corrected chi connectivity index (χ4v) is 2.61. The lowest BCUT2D eigenvalue weighted by atomic mass is 10.0. The van der Waals surface area contributed by atoms with Crippen LogP contribution in [0.3, 0.4) is 0 Å². The summed E-state index contributed by atoms with van der Waals surface area (Å²) in [4.78, 5) is 24.2. The van der Waals surface area contributed by atoms with Crippen LogP contribution < -0.4 is 10.9 Å². The van der Waals surface area contributed by atoms with Gasteiger partial charge in [-0.1, -0.05) is 42.5 Å². The van der Waals surface area contributed by atoms with Crippen molar-refractivity contribution in [2.45, 2.75) is 26.9 Å². The van der Waals surface area contributed by atoms with E-state index in [-0.39, 0.29) is 18.0 Å². The van der Waals surface area contributed by atoms with Crippen LogP contribution in [0, 0.1) is 13.8 Å². The summed E-state index contributed by atoms with van der Waals surface area (Å²) in [7, 11) is 0. The molecule has 1 N–H and O–H groups in total. The van der Waals surface area contributed by atoms with E-state index in [1.165, 1.54) is 16.3 Å². The number of aryl methyl sites for hydroxylation is 2. The van der Waals surface area contributed by atoms with Crippen molar-refractivity contribution in [2.75, 3.05) is 0 Å². The van der Waals surface area contributed by atoms with Crippen molar-refractivity contribution in [3.05, 3.63) is 87.7 Å². The predicted molar refractivity (Wildman–Crippen MR) is 102 cm³/mol. The quantitative estimate of drug-likeness (QED) is 0.772. The average molecular weight is 347 g/mol. The summed E-state index contributed by atoms with van der Waals surface area (Å²) in [6, 6.07) is 18.8. The van der Waals surface area contributed by atoms with Gasteiger partial charge in [-0.2, -0.15) is 5.10 Å². The molecule has 0 saturated carbocycles. The molecular weight excluding hydrogens is 326 g/mol. The maximum Gasteiger partial charge on any atom is 0.267 e. The molecule has 3 rings (SSSR count). The fourth-order valence-electron chi connectivity index (χ4n) is 2.61. The van der Waals surface area contributed by atoms with Crippen LogP contribution in [0.1, 0.15) is 16.7 Å². The van der Waals surface area contributed by atoms with Gasteiger partial charge in [0.25, 0.3) is 5.56 Å². The highest BCUT2D eigenvalue weighted by atomic mass is 16.2. The zero-order valence-corrected chi connectivity index (χ0v) is 14.9. The Balaban J connectivity index is 1.74. The molecule has 1 aromatic heterocycles. The van der Waals surface area contributed by atoms with Crippen molar-refractivity contribution in [2.24, 2.45) is 0 Å². The van der Waals surface area contributed by atoms with Crippen molar-refractivity contribution < 1.29 is 4.79 Å². The van der Waals surface area contributed by atoms with Gasteiger partial charge in [-0.15, -0.1) is 0 Å². The second-order valence-corrected chi connectivity index (χ2v) is 6.28. The molecule has 5 nitrogen and oxygen atoms in total. The molecule has 1 heterocycles. The zero-order valence-electron chi connectivity index (χ0n) is 14.9. The van der Waals surface area contributed by atoms with Crippen LogP contribution in [0.4, 0.5) is 0 Å². The summed E-state index contributed by atoms with van der Waals surface area (Å²) < 4.78 is 1.20. The summed E-state index contributed by atoms with van der Waals surface area (Å²) in [5.74, 6) is -0.249. The lowest BCUT2D eigenvalue weighted by Gasteiger charge is -2.09. The maximum atomic E-state index is 12.2. The van der Waals surface area contributed by atoms with E-state index in [2.05, 4.69) is 10.4 Å². The van der Waals surface area contributed by atoms with Crippen LogP contribution in [-0.2, 0) is 17.9 Å². The molecule has 132 valence electrons. The fraction of sp³-hybridized carbons (Fsp3) is 0.190. The van der Waals surface area contributed by atoms with Crippen LogP contribution in [0.25, 0.3) is 11.3 Å². The molecule has 2 aromatic carbocycles. The minimum Gasteiger partial charge on any atom is -0.350 e. The lowest BCUT2D eigenvalue weighted by Crippen LogP contribution is -2.33. The maximum absolute atomic E-state index is 12.2. The van der Waals surface area contributed by atoms with Crippen molar-refractivity contribution >= 4 is 5.91 Å². The van der Waals surface area contributed by atoms with Crippen LogP contribution in [-0.4, -0.2) is 15.7 Å². The SMILES string of the molecule is Cc1ccc(-c2ccc(=O)n(CC(=O)NCc3ccccc3)n2)cc1C. The van der Waals surface area contributed by atoms with E-state index in [1.54, 1.807) is 6.07 Å². The van der Waals surface area contributed by atoms with Crippen molar-refractivity contribution in [3.63, 3.8) is 0 Å². The van der Waals surface area contributed by atoms with E-state index in [0.717, 1.165) is 16.7 Å². The van der Waals surface area contributed by atoms with Gasteiger partial charge in [0.1, 0.15) is 6.54 Å². The Hall–Kier alpha value is -3.21. The molecule has 0 bridgehead atoms. The molecule has 5 heteroatoms. The Morgan fingerprint density at radius 3 is 2.50 bits per heavy atom. The number of nitrogens with zero attached hydrogens (tertiary/aromatic N) is 2. The van der Waals surface area contributed by atoms with Crippen LogP contribution >= 0.6 is 0 Å². The Morgan fingerprint density at radius 2 is 1.77 bits per heavy atom. The highest BCUT2D eigenvalue weighted by Crippen LogP contribution is 2.19. The Bertz CT molecular complexity index is 978. The van der Waals surface area contributed by atoms with Gasteiger partial charge in [0.05, 0.1) is 5.69 Å². The number of amides is 1. The number of nitrogens with one attached hydrogen (secondary N) is 1. The average Bonchev–Trinajstić information content (AvgIpc) is 2.65. The normalized spacial score (nSPS) is 10.5. The van der Waals surface area contributed by atoms with Crippen molar-refractivity contribution in [1.29, 1.82) is 0 Å². The molecule has 0 spiro atoms. The third kappa shape index (κ3) is 4.25. The van der Waals surface area contributed by atoms with Crippen molar-refractivity contribution in [1.82, 2.24) is 15.1 Å². The second-order valence-electron chi connectivity index (χ2n) is 6.28. The molecule has 3 aromatic rings. The first-order valence-corrected chi connectivity index (χ1v) is 8.49. The summed E-state index contributed by atoms with van der Waals surface area (Å²) in [5.41, 5.74) is 4.65. The molecule has 0 fully saturated rings. The lowest BCUT2D eigenvalue weighted by molar-refractivity contribution is -0.122. The van der Waals surface area contributed by atoms with Gasteiger partial charge in [-0.25, -0.2) is 4.68 Å². The Morgan fingerprint density at radius 1 is 1.00 bits per heavy atom. The highest BCUT2D eigenvalue weighted by molar-refractivity contribution is 5.75. The van der Waals surface area contributed by atoms with Gasteiger partial charge >= 0.3 is 0 Å². The Kier molecular flexibility index (Phi) is 5.27. The standard InChI is InChI=1S/C21H21N3O2/c1-15-8-9-18(12-16(15)2)19-10-11-21(26)24(23-19)14-20(25)22-13-17-6-4-3-5-7-17/h3-12H,13-14H2,1-2H3,(H,22,25). The van der Waals surface area contributed by atoms with E-state index in [0.29, 0.717) is 12.2 Å². The zero-order chi connectivity index (χ0) is 18.5. The van der Waals surface area contributed by atoms with Gasteiger partial charge in [0.15, 0.2) is 0 Å². The molecular formula is C21H21N3O2. The van der Waals surface area contributed by atoms with Gasteiger partial charge < -0.3 is 5.32 Å². The van der Waals surface area contributed by atoms with Gasteiger partial charge in [0.2, 0.25) is 5.91 Å². The number of carbonyl (C=O) groups excluding carboxylic acids is 1. The summed E-state index contributed by atoms with van der Waals surface area (Å²) in [5, 5.41) is 7.16. The van der Waals surface area contributed by atoms with Gasteiger partial charge in [0, 0.05) is 18.2 Å². The number of aromatic nitrogens is 2. The molecule has 1 amide bonds. The summed E-state index contributed by atoms with van der Waals surface area (Å²) in [6.45, 7) is 4.39. The monoisotopic (exact) mass is 347 g/mol. The van der Waals surface area contributed by atoms with E-state index in [4.69, 9.17) is 0 Å². The number of rotatable bonds is 5. The molecule has 0 aliphatic carbocycles. The smallest absolute Gasteiger partial charge is 0.267 e. The van der Waals surface area contributed by atoms with Crippen molar-refractivity contribution in [3.8, 4) is 11.3 Å². The van der Waals surface area contributed by atoms with Crippen LogP contribution in [0.5, 0.6) is 0 Å². The third-order valence-electron chi connectivity index (χ3n) is 4.30. The van der Waals surface area contributed by atoms with E-state index in [9.17, 15) is 9.59 Å². The Labute approximate surface area is 152 Å². The first kappa shape index (κ1) is 17.6. The second kappa shape index (κ2) is 7.78. The number of hydrogen-bond acceptors (Lipinski definition) is 3. The summed E-state index contributed by atoms with van der Waals surface area (Å²) in [6.07, 6.45) is 0. The highest BCUT2D eigenvalue weighted by Gasteiger charge is 2.08. The third-order valence-corrected chi connectivity index (χ3v) is 4.30. The largest absolute Gasteiger partial charge is 0.350 e. The van der Waals surface area contributed by atoms with Crippen LogP contribution in [0.2, 0.25) is 0 Å². The number of hydrogen-bond donors (Lipinski definition) is 1. The molecule has 0 aliphatic heterocycles. The predicted octanol–water partition coefficient (Wildman–Crippen LogP) is 2.84. The molecule has 0 atom stereocenters. The first-order chi connectivity index (χ1) is 12.5. The first-order valence-electron chi connectivity index (χ1n) is 8.49. The van der Waals surface area contributed by atoms with Gasteiger partial charge in [-0.05, 0) is 42.7 Å². The topological polar surface area (TPSA) is 64.0 Å². The van der Waals surface area contributed by atoms with E-state index in [1.807, 2.05) is 62.4 Å². The summed E-state index contributed by atoms with van der Waals surface area (Å²) >= 11 is 0. The minimum absolute atomic E-state index is 0.107. The van der Waals surface area contributed by atoms with E-state index < -0.39 is 0 Å². The molecule has 26 heavy (non-hydrogen) atoms. The molecule has 0 saturated heterocycles.